The lowest BCUT2D eigenvalue weighted by Gasteiger charge is -2.59. The minimum atomic E-state index is -1.43. The Morgan fingerprint density at radius 1 is 1.00 bits per heavy atom. The van der Waals surface area contributed by atoms with E-state index in [4.69, 9.17) is 9.47 Å². The number of aliphatic hydroxyl groups is 1. The smallest absolute Gasteiger partial charge is 0.326 e. The Labute approximate surface area is 251 Å². The van der Waals surface area contributed by atoms with Gasteiger partial charge in [0.05, 0.1) is 12.5 Å². The van der Waals surface area contributed by atoms with Crippen molar-refractivity contribution in [3.05, 3.63) is 11.6 Å². The maximum absolute atomic E-state index is 13.9. The second-order valence-electron chi connectivity index (χ2n) is 13.8. The number of nitrogens with zero attached hydrogens (tertiary/aromatic N) is 1. The molecule has 0 bridgehead atoms. The molecule has 1 aliphatic heterocycles. The minimum absolute atomic E-state index is 0.0422. The lowest BCUT2D eigenvalue weighted by molar-refractivity contribution is -0.191. The molecule has 1 heterocycles. The van der Waals surface area contributed by atoms with E-state index in [9.17, 15) is 39.0 Å². The van der Waals surface area contributed by atoms with Gasteiger partial charge in [-0.3, -0.25) is 24.0 Å². The third kappa shape index (κ3) is 5.31. The number of carbonyl (C=O) groups is 6. The number of aliphatic hydroxyl groups excluding tert-OH is 1. The van der Waals surface area contributed by atoms with E-state index in [-0.39, 0.29) is 42.9 Å². The van der Waals surface area contributed by atoms with E-state index in [0.29, 0.717) is 37.5 Å². The monoisotopic (exact) mass is 601 g/mol. The average molecular weight is 602 g/mol. The van der Waals surface area contributed by atoms with Crippen molar-refractivity contribution in [2.24, 2.45) is 28.6 Å². The highest BCUT2D eigenvalue weighted by Crippen LogP contribution is 2.68. The van der Waals surface area contributed by atoms with Crippen LogP contribution in [-0.4, -0.2) is 81.4 Å². The highest BCUT2D eigenvalue weighted by atomic mass is 16.6. The standard InChI is InChI=1S/C32H43NO10/c1-18(34)43-32(26(37)17-42-28(39)7-6-27(38)33-16-21(36)15-25(33)29(40)41)13-10-24-22-5-4-19-14-20(35)8-11-30(19,2)23(22)9-12-31(24,32)3/h14,21-25,36H,4-13,15-17H2,1-3H3,(H,40,41). The number of esters is 2. The number of β-amino-alcohol motifs (C(OH)–C–C–N with tert-alkyl or cyclic N) is 1. The van der Waals surface area contributed by atoms with Gasteiger partial charge in [-0.2, -0.15) is 0 Å². The number of carboxylic acids is 1. The van der Waals surface area contributed by atoms with E-state index < -0.39 is 59.4 Å². The normalized spacial score (nSPS) is 38.3. The van der Waals surface area contributed by atoms with Gasteiger partial charge in [0, 0.05) is 38.1 Å². The van der Waals surface area contributed by atoms with Crippen molar-refractivity contribution in [3.63, 3.8) is 0 Å². The lowest BCUT2D eigenvalue weighted by Crippen LogP contribution is -2.59. The van der Waals surface area contributed by atoms with Crippen molar-refractivity contribution in [1.82, 2.24) is 4.90 Å². The molecule has 43 heavy (non-hydrogen) atoms. The molecule has 0 radical (unpaired) electrons. The van der Waals surface area contributed by atoms with Crippen molar-refractivity contribution in [2.75, 3.05) is 13.2 Å². The van der Waals surface area contributed by atoms with Crippen LogP contribution >= 0.6 is 0 Å². The Hall–Kier alpha value is -3.08. The van der Waals surface area contributed by atoms with Crippen LogP contribution in [-0.2, 0) is 38.2 Å². The maximum atomic E-state index is 13.9. The van der Waals surface area contributed by atoms with Crippen molar-refractivity contribution in [2.45, 2.75) is 109 Å². The number of hydrogen-bond acceptors (Lipinski definition) is 9. The Bertz CT molecular complexity index is 1260. The van der Waals surface area contributed by atoms with Crippen molar-refractivity contribution in [3.8, 4) is 0 Å². The summed E-state index contributed by atoms with van der Waals surface area (Å²) in [6.07, 6.45) is 5.90. The number of hydrogen-bond donors (Lipinski definition) is 2. The first-order valence-corrected chi connectivity index (χ1v) is 15.5. The molecule has 8 atom stereocenters. The molecule has 8 unspecified atom stereocenters. The number of amides is 1. The summed E-state index contributed by atoms with van der Waals surface area (Å²) in [4.78, 5) is 76.1. The molecule has 11 nitrogen and oxygen atoms in total. The minimum Gasteiger partial charge on any atom is -0.480 e. The van der Waals surface area contributed by atoms with Crippen LogP contribution in [0, 0.1) is 28.6 Å². The Morgan fingerprint density at radius 2 is 1.72 bits per heavy atom. The number of aliphatic carboxylic acids is 1. The summed E-state index contributed by atoms with van der Waals surface area (Å²) in [5.41, 5.74) is -0.855. The summed E-state index contributed by atoms with van der Waals surface area (Å²) >= 11 is 0. The molecule has 11 heteroatoms. The van der Waals surface area contributed by atoms with Crippen LogP contribution in [0.25, 0.3) is 0 Å². The van der Waals surface area contributed by atoms with Crippen LogP contribution in [0.5, 0.6) is 0 Å². The fourth-order valence-corrected chi connectivity index (χ4v) is 9.50. The molecule has 0 aromatic carbocycles. The van der Waals surface area contributed by atoms with E-state index in [1.54, 1.807) is 0 Å². The number of rotatable bonds is 8. The van der Waals surface area contributed by atoms with Crippen LogP contribution in [0.4, 0.5) is 0 Å². The molecular weight excluding hydrogens is 558 g/mol. The quantitative estimate of drug-likeness (QED) is 0.395. The molecule has 0 aromatic rings. The summed E-state index contributed by atoms with van der Waals surface area (Å²) in [5.74, 6) is -2.59. The van der Waals surface area contributed by atoms with Gasteiger partial charge in [-0.25, -0.2) is 4.79 Å². The molecule has 4 fully saturated rings. The molecule has 1 saturated heterocycles. The molecule has 3 saturated carbocycles. The van der Waals surface area contributed by atoms with Gasteiger partial charge in [-0.1, -0.05) is 19.4 Å². The second-order valence-corrected chi connectivity index (χ2v) is 13.8. The van der Waals surface area contributed by atoms with Gasteiger partial charge < -0.3 is 24.6 Å². The number of ketones is 2. The third-order valence-electron chi connectivity index (χ3n) is 11.6. The van der Waals surface area contributed by atoms with Gasteiger partial charge in [0.15, 0.2) is 18.0 Å². The molecule has 4 aliphatic carbocycles. The summed E-state index contributed by atoms with van der Waals surface area (Å²) in [6.45, 7) is 4.88. The molecule has 236 valence electrons. The third-order valence-corrected chi connectivity index (χ3v) is 11.6. The molecule has 2 N–H and O–H groups in total. The average Bonchev–Trinajstić information content (AvgIpc) is 3.48. The molecule has 0 aromatic heterocycles. The van der Waals surface area contributed by atoms with Gasteiger partial charge >= 0.3 is 17.9 Å². The largest absolute Gasteiger partial charge is 0.480 e. The van der Waals surface area contributed by atoms with Gasteiger partial charge in [-0.05, 0) is 74.2 Å². The Kier molecular flexibility index (Phi) is 8.35. The summed E-state index contributed by atoms with van der Waals surface area (Å²) < 4.78 is 11.2. The van der Waals surface area contributed by atoms with E-state index in [2.05, 4.69) is 6.92 Å². The second kappa shape index (κ2) is 11.4. The first kappa shape index (κ1) is 31.3. The highest BCUT2D eigenvalue weighted by molar-refractivity contribution is 5.94. The summed E-state index contributed by atoms with van der Waals surface area (Å²) in [6, 6.07) is -1.15. The van der Waals surface area contributed by atoms with Crippen LogP contribution in [0.3, 0.4) is 0 Å². The Balaban J connectivity index is 1.25. The first-order valence-electron chi connectivity index (χ1n) is 15.5. The van der Waals surface area contributed by atoms with Crippen LogP contribution in [0.2, 0.25) is 0 Å². The highest BCUT2D eigenvalue weighted by Gasteiger charge is 2.68. The predicted molar refractivity (Wildman–Crippen MR) is 150 cm³/mol. The van der Waals surface area contributed by atoms with Crippen molar-refractivity contribution < 1.29 is 48.5 Å². The SMILES string of the molecule is CC(=O)OC1(C(=O)COC(=O)CCC(=O)N2CC(O)CC2C(=O)O)CCC2C3CCC4=CC(=O)CCC4(C)C3CCC21C. The predicted octanol–water partition coefficient (Wildman–Crippen LogP) is 2.76. The maximum Gasteiger partial charge on any atom is 0.326 e. The summed E-state index contributed by atoms with van der Waals surface area (Å²) in [7, 11) is 0. The van der Waals surface area contributed by atoms with Crippen LogP contribution < -0.4 is 0 Å². The zero-order valence-electron chi connectivity index (χ0n) is 25.3. The topological polar surface area (TPSA) is 165 Å². The number of allylic oxidation sites excluding steroid dienone is 1. The van der Waals surface area contributed by atoms with E-state index >= 15 is 0 Å². The molecule has 0 spiro atoms. The fourth-order valence-electron chi connectivity index (χ4n) is 9.50. The Morgan fingerprint density at radius 3 is 2.42 bits per heavy atom. The number of carboxylic acid groups (broad SMARTS) is 1. The molecule has 1 amide bonds. The number of carbonyl (C=O) groups excluding carboxylic acids is 5. The van der Waals surface area contributed by atoms with Gasteiger partial charge in [0.1, 0.15) is 6.04 Å². The van der Waals surface area contributed by atoms with Crippen LogP contribution in [0.1, 0.15) is 91.4 Å². The van der Waals surface area contributed by atoms with Gasteiger partial charge in [-0.15, -0.1) is 0 Å². The molecule has 5 aliphatic rings. The first-order chi connectivity index (χ1) is 20.2. The van der Waals surface area contributed by atoms with Crippen molar-refractivity contribution >= 4 is 35.4 Å². The fraction of sp³-hybridized carbons (Fsp3) is 0.750. The number of fused-ring (bicyclic) bond motifs is 5. The summed E-state index contributed by atoms with van der Waals surface area (Å²) in [5, 5.41) is 19.1. The van der Waals surface area contributed by atoms with E-state index in [1.165, 1.54) is 12.5 Å². The zero-order chi connectivity index (χ0) is 31.3. The van der Waals surface area contributed by atoms with Crippen molar-refractivity contribution in [1.29, 1.82) is 0 Å². The number of likely N-dealkylation sites (tertiary alicyclic amines) is 1. The van der Waals surface area contributed by atoms with E-state index in [1.807, 2.05) is 13.0 Å². The van der Waals surface area contributed by atoms with Gasteiger partial charge in [0.2, 0.25) is 11.7 Å². The zero-order valence-corrected chi connectivity index (χ0v) is 25.3. The molecular formula is C32H43NO10. The number of ether oxygens (including phenoxy) is 2. The van der Waals surface area contributed by atoms with Gasteiger partial charge in [0.25, 0.3) is 0 Å². The number of Topliss-reactive ketones (excluding diaryl/α,β-unsaturated/α-hetero) is 1. The van der Waals surface area contributed by atoms with E-state index in [0.717, 1.165) is 30.6 Å². The lowest BCUT2D eigenvalue weighted by atomic mass is 9.46. The molecule has 5 rings (SSSR count). The van der Waals surface area contributed by atoms with Crippen LogP contribution in [0.15, 0.2) is 11.6 Å².